The maximum absolute atomic E-state index is 13.1. The SMILES string of the molecule is O=C1CCC(N2Cc3cc(-c4cc(CN5CCCC5)c5ccn(C6COC6)c5n4)ccc3C2=O)C(=O)N1. The molecule has 37 heavy (non-hydrogen) atoms. The van der Waals surface area contributed by atoms with Crippen LogP contribution >= 0.6 is 0 Å². The number of benzene rings is 1. The summed E-state index contributed by atoms with van der Waals surface area (Å²) in [5, 5.41) is 3.55. The number of ether oxygens (including phenoxy) is 1. The lowest BCUT2D eigenvalue weighted by Crippen LogP contribution is -2.52. The highest BCUT2D eigenvalue weighted by molar-refractivity contribution is 6.05. The van der Waals surface area contributed by atoms with Crippen molar-refractivity contribution in [3.8, 4) is 11.3 Å². The maximum atomic E-state index is 13.1. The minimum absolute atomic E-state index is 0.159. The molecule has 1 atom stereocenters. The molecule has 3 fully saturated rings. The summed E-state index contributed by atoms with van der Waals surface area (Å²) < 4.78 is 7.69. The number of carbonyl (C=O) groups is 3. The van der Waals surface area contributed by atoms with Gasteiger partial charge in [0.05, 0.1) is 24.9 Å². The Morgan fingerprint density at radius 1 is 1.05 bits per heavy atom. The number of nitrogens with zero attached hydrogens (tertiary/aromatic N) is 4. The first kappa shape index (κ1) is 22.6. The molecule has 0 saturated carbocycles. The van der Waals surface area contributed by atoms with Gasteiger partial charge in [-0.1, -0.05) is 6.07 Å². The number of hydrogen-bond donors (Lipinski definition) is 1. The number of imide groups is 1. The van der Waals surface area contributed by atoms with Crippen LogP contribution in [0.3, 0.4) is 0 Å². The average molecular weight is 500 g/mol. The van der Waals surface area contributed by atoms with E-state index in [1.807, 2.05) is 18.2 Å². The largest absolute Gasteiger partial charge is 0.377 e. The Hall–Kier alpha value is -3.56. The molecule has 0 bridgehead atoms. The number of aromatic nitrogens is 2. The first-order valence-corrected chi connectivity index (χ1v) is 13.1. The number of amides is 3. The van der Waals surface area contributed by atoms with Gasteiger partial charge in [-0.15, -0.1) is 0 Å². The number of pyridine rings is 1. The van der Waals surface area contributed by atoms with Crippen molar-refractivity contribution in [2.75, 3.05) is 26.3 Å². The van der Waals surface area contributed by atoms with Crippen LogP contribution in [0.4, 0.5) is 0 Å². The van der Waals surface area contributed by atoms with E-state index in [2.05, 4.69) is 33.1 Å². The topological polar surface area (TPSA) is 96.8 Å². The van der Waals surface area contributed by atoms with Crippen molar-refractivity contribution in [1.29, 1.82) is 0 Å². The summed E-state index contributed by atoms with van der Waals surface area (Å²) in [6, 6.07) is 9.90. The van der Waals surface area contributed by atoms with E-state index in [-0.39, 0.29) is 18.2 Å². The molecular weight excluding hydrogens is 470 g/mol. The Morgan fingerprint density at radius 2 is 1.89 bits per heavy atom. The molecule has 6 heterocycles. The van der Waals surface area contributed by atoms with Crippen LogP contribution in [0, 0.1) is 0 Å². The Morgan fingerprint density at radius 3 is 2.65 bits per heavy atom. The van der Waals surface area contributed by atoms with Crippen LogP contribution in [0.2, 0.25) is 0 Å². The zero-order chi connectivity index (χ0) is 25.1. The minimum atomic E-state index is -0.615. The third-order valence-electron chi connectivity index (χ3n) is 8.20. The lowest BCUT2D eigenvalue weighted by atomic mass is 10.0. The first-order chi connectivity index (χ1) is 18.0. The van der Waals surface area contributed by atoms with E-state index in [1.54, 1.807) is 4.90 Å². The second-order valence-corrected chi connectivity index (χ2v) is 10.6. The van der Waals surface area contributed by atoms with Crippen molar-refractivity contribution < 1.29 is 19.1 Å². The summed E-state index contributed by atoms with van der Waals surface area (Å²) >= 11 is 0. The Labute approximate surface area is 214 Å². The molecule has 0 aliphatic carbocycles. The highest BCUT2D eigenvalue weighted by atomic mass is 16.5. The zero-order valence-corrected chi connectivity index (χ0v) is 20.6. The molecule has 9 heteroatoms. The van der Waals surface area contributed by atoms with Crippen LogP contribution in [0.25, 0.3) is 22.3 Å². The van der Waals surface area contributed by atoms with E-state index in [4.69, 9.17) is 9.72 Å². The summed E-state index contributed by atoms with van der Waals surface area (Å²) in [6.45, 7) is 4.89. The minimum Gasteiger partial charge on any atom is -0.377 e. The van der Waals surface area contributed by atoms with Crippen LogP contribution in [0.15, 0.2) is 36.5 Å². The number of likely N-dealkylation sites (tertiary alicyclic amines) is 1. The third kappa shape index (κ3) is 3.84. The van der Waals surface area contributed by atoms with Crippen molar-refractivity contribution in [1.82, 2.24) is 24.7 Å². The van der Waals surface area contributed by atoms with Gasteiger partial charge < -0.3 is 14.2 Å². The monoisotopic (exact) mass is 499 g/mol. The molecule has 2 aromatic heterocycles. The molecular formula is C28H29N5O4. The summed E-state index contributed by atoms with van der Waals surface area (Å²) in [6.07, 6.45) is 5.21. The van der Waals surface area contributed by atoms with E-state index in [0.29, 0.717) is 37.8 Å². The molecule has 1 N–H and O–H groups in total. The van der Waals surface area contributed by atoms with Crippen LogP contribution in [0.5, 0.6) is 0 Å². The molecule has 4 aliphatic heterocycles. The fraction of sp³-hybridized carbons (Fsp3) is 0.429. The van der Waals surface area contributed by atoms with Crippen LogP contribution in [-0.2, 0) is 27.4 Å². The first-order valence-electron chi connectivity index (χ1n) is 13.1. The van der Waals surface area contributed by atoms with Crippen molar-refractivity contribution in [3.63, 3.8) is 0 Å². The maximum Gasteiger partial charge on any atom is 0.255 e. The molecule has 3 amide bonds. The highest BCUT2D eigenvalue weighted by Gasteiger charge is 2.39. The molecule has 3 aromatic rings. The van der Waals surface area contributed by atoms with E-state index < -0.39 is 11.9 Å². The Balaban J connectivity index is 1.25. The van der Waals surface area contributed by atoms with E-state index in [1.165, 1.54) is 23.8 Å². The van der Waals surface area contributed by atoms with Crippen molar-refractivity contribution in [3.05, 3.63) is 53.2 Å². The van der Waals surface area contributed by atoms with Gasteiger partial charge >= 0.3 is 0 Å². The number of rotatable bonds is 5. The second kappa shape index (κ2) is 8.78. The third-order valence-corrected chi connectivity index (χ3v) is 8.20. The van der Waals surface area contributed by atoms with Gasteiger partial charge in [0.2, 0.25) is 11.8 Å². The van der Waals surface area contributed by atoms with Crippen LogP contribution in [0.1, 0.15) is 53.2 Å². The zero-order valence-electron chi connectivity index (χ0n) is 20.6. The fourth-order valence-corrected chi connectivity index (χ4v) is 6.07. The summed E-state index contributed by atoms with van der Waals surface area (Å²) in [5.41, 5.74) is 5.58. The molecule has 4 aliphatic rings. The van der Waals surface area contributed by atoms with Gasteiger partial charge in [-0.05, 0) is 67.7 Å². The molecule has 7 rings (SSSR count). The predicted octanol–water partition coefficient (Wildman–Crippen LogP) is 2.63. The average Bonchev–Trinajstić information content (AvgIpc) is 3.58. The van der Waals surface area contributed by atoms with Gasteiger partial charge in [-0.2, -0.15) is 0 Å². The van der Waals surface area contributed by atoms with Crippen molar-refractivity contribution in [2.45, 2.75) is 50.9 Å². The summed E-state index contributed by atoms with van der Waals surface area (Å²) in [5.74, 6) is -0.831. The van der Waals surface area contributed by atoms with Crippen LogP contribution in [-0.4, -0.2) is 69.4 Å². The Bertz CT molecular complexity index is 1440. The lowest BCUT2D eigenvalue weighted by molar-refractivity contribution is -0.136. The molecule has 0 spiro atoms. The van der Waals surface area contributed by atoms with Gasteiger partial charge in [0.1, 0.15) is 11.7 Å². The quantitative estimate of drug-likeness (QED) is 0.542. The molecule has 9 nitrogen and oxygen atoms in total. The normalized spacial score (nSPS) is 22.5. The molecule has 1 unspecified atom stereocenters. The summed E-state index contributed by atoms with van der Waals surface area (Å²) in [4.78, 5) is 46.3. The number of piperidine rings is 1. The number of carbonyl (C=O) groups excluding carboxylic acids is 3. The van der Waals surface area contributed by atoms with E-state index in [9.17, 15) is 14.4 Å². The van der Waals surface area contributed by atoms with Gasteiger partial charge in [-0.3, -0.25) is 24.6 Å². The lowest BCUT2D eigenvalue weighted by Gasteiger charge is -2.29. The van der Waals surface area contributed by atoms with E-state index >= 15 is 0 Å². The fourth-order valence-electron chi connectivity index (χ4n) is 6.07. The van der Waals surface area contributed by atoms with Crippen molar-refractivity contribution in [2.24, 2.45) is 0 Å². The van der Waals surface area contributed by atoms with Crippen LogP contribution < -0.4 is 5.32 Å². The van der Waals surface area contributed by atoms with Gasteiger partial charge in [-0.25, -0.2) is 4.98 Å². The van der Waals surface area contributed by atoms with Gasteiger partial charge in [0.25, 0.3) is 5.91 Å². The second-order valence-electron chi connectivity index (χ2n) is 10.6. The Kier molecular flexibility index (Phi) is 5.37. The molecule has 1 aromatic carbocycles. The number of fused-ring (bicyclic) bond motifs is 2. The highest BCUT2D eigenvalue weighted by Crippen LogP contribution is 2.34. The molecule has 3 saturated heterocycles. The summed E-state index contributed by atoms with van der Waals surface area (Å²) in [7, 11) is 0. The van der Waals surface area contributed by atoms with Gasteiger partial charge in [0, 0.05) is 42.2 Å². The number of nitrogens with one attached hydrogen (secondary N) is 1. The molecule has 0 radical (unpaired) electrons. The van der Waals surface area contributed by atoms with Gasteiger partial charge in [0.15, 0.2) is 0 Å². The van der Waals surface area contributed by atoms with E-state index in [0.717, 1.165) is 42.1 Å². The molecule has 190 valence electrons. The van der Waals surface area contributed by atoms with Crippen molar-refractivity contribution >= 4 is 28.8 Å². The predicted molar refractivity (Wildman–Crippen MR) is 136 cm³/mol. The standard InChI is InChI=1S/C28H29N5O4/c34-25-6-5-24(27(35)30-25)33-14-18-11-17(3-4-22(18)28(33)36)23-12-19(13-31-8-1-2-9-31)21-7-10-32(26(21)29-23)20-15-37-16-20/h3-4,7,10-12,20,24H,1-2,5-6,8-9,13-16H2,(H,30,34,35). The number of hydrogen-bond acceptors (Lipinski definition) is 6. The smallest absolute Gasteiger partial charge is 0.255 e.